The second-order valence-corrected chi connectivity index (χ2v) is 5.15. The lowest BCUT2D eigenvalue weighted by molar-refractivity contribution is 0.655. The Kier molecular flexibility index (Phi) is 4.47. The smallest absolute Gasteiger partial charge is 0.135 e. The molecule has 1 aliphatic rings. The van der Waals surface area contributed by atoms with Gasteiger partial charge in [0.25, 0.3) is 0 Å². The van der Waals surface area contributed by atoms with Crippen LogP contribution in [0.2, 0.25) is 0 Å². The number of aryl methyl sites for hydroxylation is 1. The van der Waals surface area contributed by atoms with Gasteiger partial charge < -0.3 is 10.6 Å². The molecule has 5 heteroatoms. The first-order valence-corrected chi connectivity index (χ1v) is 6.99. The van der Waals surface area contributed by atoms with Gasteiger partial charge in [0.15, 0.2) is 0 Å². The molecule has 2 N–H and O–H groups in total. The molecule has 1 aromatic rings. The molecule has 0 bridgehead atoms. The van der Waals surface area contributed by atoms with Gasteiger partial charge in [0.05, 0.1) is 4.99 Å². The Morgan fingerprint density at radius 3 is 2.89 bits per heavy atom. The summed E-state index contributed by atoms with van der Waals surface area (Å²) in [5.74, 6) is 1.08. The van der Waals surface area contributed by atoms with Gasteiger partial charge >= 0.3 is 0 Å². The summed E-state index contributed by atoms with van der Waals surface area (Å²) in [7, 11) is 0. The Bertz CT molecular complexity index is 433. The summed E-state index contributed by atoms with van der Waals surface area (Å²) >= 11 is 4.95. The summed E-state index contributed by atoms with van der Waals surface area (Å²) in [5.41, 5.74) is 8.13. The molecule has 2 rings (SSSR count). The van der Waals surface area contributed by atoms with Crippen LogP contribution in [0.5, 0.6) is 0 Å². The lowest BCUT2D eigenvalue weighted by Gasteiger charge is -2.26. The molecular weight excluding hydrogens is 244 g/mol. The molecular formula is C13H20N4S. The standard InChI is InChI=1S/C13H20N4S/c1-2-17(8-7-12(14)18)13-10-5-3-4-6-11(10)15-9-16-13/h9H,2-8H2,1H3,(H2,14,18). The molecule has 0 aromatic carbocycles. The summed E-state index contributed by atoms with van der Waals surface area (Å²) in [4.78, 5) is 11.7. The van der Waals surface area contributed by atoms with Gasteiger partial charge in [-0.1, -0.05) is 12.2 Å². The fourth-order valence-electron chi connectivity index (χ4n) is 2.44. The number of hydrogen-bond donors (Lipinski definition) is 1. The van der Waals surface area contributed by atoms with E-state index in [4.69, 9.17) is 18.0 Å². The van der Waals surface area contributed by atoms with E-state index in [1.165, 1.54) is 24.1 Å². The maximum atomic E-state index is 5.58. The molecule has 4 nitrogen and oxygen atoms in total. The van der Waals surface area contributed by atoms with Crippen LogP contribution in [0, 0.1) is 0 Å². The van der Waals surface area contributed by atoms with Crippen molar-refractivity contribution < 1.29 is 0 Å². The highest BCUT2D eigenvalue weighted by atomic mass is 32.1. The Hall–Kier alpha value is -1.23. The van der Waals surface area contributed by atoms with E-state index >= 15 is 0 Å². The van der Waals surface area contributed by atoms with Gasteiger partial charge in [0.2, 0.25) is 0 Å². The summed E-state index contributed by atoms with van der Waals surface area (Å²) < 4.78 is 0. The van der Waals surface area contributed by atoms with Gasteiger partial charge in [-0.3, -0.25) is 0 Å². The lowest BCUT2D eigenvalue weighted by Crippen LogP contribution is -2.30. The maximum Gasteiger partial charge on any atom is 0.135 e. The van der Waals surface area contributed by atoms with Gasteiger partial charge in [0.1, 0.15) is 12.1 Å². The zero-order valence-electron chi connectivity index (χ0n) is 10.9. The fraction of sp³-hybridized carbons (Fsp3) is 0.615. The van der Waals surface area contributed by atoms with Crippen molar-refractivity contribution in [2.45, 2.75) is 39.0 Å². The number of anilines is 1. The maximum absolute atomic E-state index is 5.58. The lowest BCUT2D eigenvalue weighted by atomic mass is 9.96. The number of nitrogens with two attached hydrogens (primary N) is 1. The number of rotatable bonds is 5. The Balaban J connectivity index is 2.22. The number of nitrogens with zero attached hydrogens (tertiary/aromatic N) is 3. The van der Waals surface area contributed by atoms with Crippen LogP contribution in [-0.4, -0.2) is 28.0 Å². The first-order valence-electron chi connectivity index (χ1n) is 6.58. The van der Waals surface area contributed by atoms with Crippen molar-refractivity contribution in [1.29, 1.82) is 0 Å². The highest BCUT2D eigenvalue weighted by molar-refractivity contribution is 7.80. The minimum absolute atomic E-state index is 0.566. The normalized spacial score (nSPS) is 14.1. The minimum Gasteiger partial charge on any atom is -0.393 e. The van der Waals surface area contributed by atoms with Crippen LogP contribution in [0.3, 0.4) is 0 Å². The van der Waals surface area contributed by atoms with Crippen LogP contribution in [-0.2, 0) is 12.8 Å². The summed E-state index contributed by atoms with van der Waals surface area (Å²) in [5, 5.41) is 0. The second-order valence-electron chi connectivity index (χ2n) is 4.63. The zero-order chi connectivity index (χ0) is 13.0. The second kappa shape index (κ2) is 6.09. The first-order chi connectivity index (χ1) is 8.72. The van der Waals surface area contributed by atoms with Gasteiger partial charge in [-0.05, 0) is 32.6 Å². The SMILES string of the molecule is CCN(CCC(N)=S)c1ncnc2c1CCCC2. The molecule has 98 valence electrons. The number of fused-ring (bicyclic) bond motifs is 1. The van der Waals surface area contributed by atoms with Crippen molar-refractivity contribution >= 4 is 23.0 Å². The fourth-order valence-corrected chi connectivity index (χ4v) is 2.53. The van der Waals surface area contributed by atoms with Crippen LogP contribution in [0.1, 0.15) is 37.4 Å². The molecule has 0 aliphatic heterocycles. The largest absolute Gasteiger partial charge is 0.393 e. The van der Waals surface area contributed by atoms with Crippen LogP contribution in [0.4, 0.5) is 5.82 Å². The molecule has 0 amide bonds. The van der Waals surface area contributed by atoms with E-state index in [0.29, 0.717) is 4.99 Å². The number of thiocarbonyl (C=S) groups is 1. The minimum atomic E-state index is 0.566. The number of hydrogen-bond acceptors (Lipinski definition) is 4. The molecule has 1 aliphatic carbocycles. The zero-order valence-corrected chi connectivity index (χ0v) is 11.7. The van der Waals surface area contributed by atoms with Gasteiger partial charge in [0, 0.05) is 30.8 Å². The van der Waals surface area contributed by atoms with E-state index in [-0.39, 0.29) is 0 Å². The van der Waals surface area contributed by atoms with Crippen molar-refractivity contribution in [3.63, 3.8) is 0 Å². The topological polar surface area (TPSA) is 55.0 Å². The Morgan fingerprint density at radius 2 is 2.17 bits per heavy atom. The molecule has 1 heterocycles. The van der Waals surface area contributed by atoms with E-state index in [0.717, 1.165) is 38.2 Å². The molecule has 0 radical (unpaired) electrons. The van der Waals surface area contributed by atoms with Crippen LogP contribution >= 0.6 is 12.2 Å². The van der Waals surface area contributed by atoms with Crippen LogP contribution < -0.4 is 10.6 Å². The van der Waals surface area contributed by atoms with Crippen molar-refractivity contribution in [2.75, 3.05) is 18.0 Å². The molecule has 0 atom stereocenters. The third-order valence-corrected chi connectivity index (χ3v) is 3.62. The van der Waals surface area contributed by atoms with Crippen molar-refractivity contribution in [3.05, 3.63) is 17.6 Å². The van der Waals surface area contributed by atoms with Crippen molar-refractivity contribution in [2.24, 2.45) is 5.73 Å². The average molecular weight is 264 g/mol. The molecule has 1 aromatic heterocycles. The first kappa shape index (κ1) is 13.2. The molecule has 0 unspecified atom stereocenters. The Labute approximate surface area is 114 Å². The third kappa shape index (κ3) is 2.96. The molecule has 0 saturated carbocycles. The molecule has 0 saturated heterocycles. The van der Waals surface area contributed by atoms with E-state index < -0.39 is 0 Å². The molecule has 0 spiro atoms. The summed E-state index contributed by atoms with van der Waals surface area (Å²) in [6.45, 7) is 3.90. The third-order valence-electron chi connectivity index (χ3n) is 3.41. The van der Waals surface area contributed by atoms with Gasteiger partial charge in [-0.2, -0.15) is 0 Å². The highest BCUT2D eigenvalue weighted by Gasteiger charge is 2.18. The predicted octanol–water partition coefficient (Wildman–Crippen LogP) is 1.86. The van der Waals surface area contributed by atoms with Crippen LogP contribution in [0.15, 0.2) is 6.33 Å². The highest BCUT2D eigenvalue weighted by Crippen LogP contribution is 2.26. The van der Waals surface area contributed by atoms with Gasteiger partial charge in [-0.15, -0.1) is 0 Å². The van der Waals surface area contributed by atoms with Crippen molar-refractivity contribution in [3.8, 4) is 0 Å². The molecule has 0 fully saturated rings. The van der Waals surface area contributed by atoms with Gasteiger partial charge in [-0.25, -0.2) is 9.97 Å². The van der Waals surface area contributed by atoms with E-state index in [1.54, 1.807) is 6.33 Å². The summed E-state index contributed by atoms with van der Waals surface area (Å²) in [6, 6.07) is 0. The quantitative estimate of drug-likeness (QED) is 0.823. The van der Waals surface area contributed by atoms with Crippen LogP contribution in [0.25, 0.3) is 0 Å². The predicted molar refractivity (Wildman–Crippen MR) is 78.0 cm³/mol. The van der Waals surface area contributed by atoms with E-state index in [1.807, 2.05) is 0 Å². The molecule has 18 heavy (non-hydrogen) atoms. The van der Waals surface area contributed by atoms with E-state index in [9.17, 15) is 0 Å². The Morgan fingerprint density at radius 1 is 1.39 bits per heavy atom. The van der Waals surface area contributed by atoms with Crippen molar-refractivity contribution in [1.82, 2.24) is 9.97 Å². The average Bonchev–Trinajstić information content (AvgIpc) is 2.39. The monoisotopic (exact) mass is 264 g/mol. The number of aromatic nitrogens is 2. The van der Waals surface area contributed by atoms with E-state index in [2.05, 4.69) is 21.8 Å². The summed E-state index contributed by atoms with van der Waals surface area (Å²) in [6.07, 6.45) is 7.07.